The van der Waals surface area contributed by atoms with Gasteiger partial charge >= 0.3 is 0 Å². The monoisotopic (exact) mass is 480 g/mol. The van der Waals surface area contributed by atoms with Crippen molar-refractivity contribution in [2.45, 2.75) is 127 Å². The van der Waals surface area contributed by atoms with E-state index in [1.807, 2.05) is 18.2 Å². The topological polar surface area (TPSA) is 99.4 Å². The van der Waals surface area contributed by atoms with Crippen molar-refractivity contribution in [1.29, 1.82) is 0 Å². The van der Waals surface area contributed by atoms with Gasteiger partial charge in [-0.25, -0.2) is 0 Å². The summed E-state index contributed by atoms with van der Waals surface area (Å²) in [5, 5.41) is 40.0. The fourth-order valence-corrected chi connectivity index (χ4v) is 4.68. The summed E-state index contributed by atoms with van der Waals surface area (Å²) in [6.07, 6.45) is 12.4. The average molecular weight is 481 g/mol. The van der Waals surface area contributed by atoms with Crippen molar-refractivity contribution in [3.8, 4) is 5.75 Å². The maximum absolute atomic E-state index is 10.4. The second-order valence-electron chi connectivity index (χ2n) is 9.73. The van der Waals surface area contributed by atoms with Crippen LogP contribution in [0.4, 0.5) is 0 Å². The van der Waals surface area contributed by atoms with E-state index >= 15 is 0 Å². The third-order valence-corrected chi connectivity index (χ3v) is 6.87. The summed E-state index contributed by atoms with van der Waals surface area (Å²) >= 11 is 0. The van der Waals surface area contributed by atoms with Crippen LogP contribution in [0.5, 0.6) is 5.75 Å². The number of para-hydroxylation sites is 1. The first-order valence-electron chi connectivity index (χ1n) is 13.6. The Balaban J connectivity index is 1.59. The molecule has 6 heteroatoms. The number of hydrogen-bond acceptors (Lipinski definition) is 6. The van der Waals surface area contributed by atoms with Crippen LogP contribution in [0, 0.1) is 0 Å². The van der Waals surface area contributed by atoms with Gasteiger partial charge in [0.1, 0.15) is 36.3 Å². The van der Waals surface area contributed by atoms with Gasteiger partial charge in [0.05, 0.1) is 13.2 Å². The van der Waals surface area contributed by atoms with Crippen LogP contribution in [0.2, 0.25) is 0 Å². The number of hydrogen-bond donors (Lipinski definition) is 4. The number of aliphatic hydroxyl groups is 4. The molecule has 0 radical (unpaired) electrons. The molecule has 0 aromatic heterocycles. The lowest BCUT2D eigenvalue weighted by molar-refractivity contribution is -0.232. The molecule has 2 rings (SSSR count). The number of rotatable bonds is 18. The zero-order valence-electron chi connectivity index (χ0n) is 21.1. The summed E-state index contributed by atoms with van der Waals surface area (Å²) in [5.41, 5.74) is 0.616. The van der Waals surface area contributed by atoms with E-state index in [4.69, 9.17) is 9.47 Å². The quantitative estimate of drug-likeness (QED) is 0.219. The molecule has 0 bridgehead atoms. The van der Waals surface area contributed by atoms with E-state index in [1.54, 1.807) is 6.07 Å². The van der Waals surface area contributed by atoms with E-state index in [-0.39, 0.29) is 0 Å². The van der Waals surface area contributed by atoms with Crippen molar-refractivity contribution in [3.05, 3.63) is 29.8 Å². The molecule has 4 N–H and O–H groups in total. The molecule has 1 heterocycles. The number of unbranched alkanes of at least 4 members (excludes halogenated alkanes) is 13. The lowest BCUT2D eigenvalue weighted by atomic mass is 9.91. The summed E-state index contributed by atoms with van der Waals surface area (Å²) < 4.78 is 11.7. The van der Waals surface area contributed by atoms with E-state index in [0.29, 0.717) is 17.9 Å². The van der Waals surface area contributed by atoms with Crippen LogP contribution in [0.3, 0.4) is 0 Å². The summed E-state index contributed by atoms with van der Waals surface area (Å²) in [4.78, 5) is 0. The van der Waals surface area contributed by atoms with Gasteiger partial charge in [-0.15, -0.1) is 0 Å². The minimum Gasteiger partial charge on any atom is -0.493 e. The summed E-state index contributed by atoms with van der Waals surface area (Å²) in [7, 11) is 0. The molecule has 5 atom stereocenters. The molecule has 1 aliphatic rings. The van der Waals surface area contributed by atoms with Gasteiger partial charge in [-0.3, -0.25) is 0 Å². The Bertz CT molecular complexity index is 637. The Morgan fingerprint density at radius 1 is 0.706 bits per heavy atom. The standard InChI is InChI=1S/C28H48O6/c1-2-3-4-5-6-7-8-9-10-11-12-13-14-17-20-33-23-19-16-15-18-22(23)28-27(32)26(31)25(30)24(21-29)34-28/h15-16,18-19,24-32H,2-14,17,20-21H2,1H3/t24-,25-,26+,27+,28?/m1/s1. The first-order chi connectivity index (χ1) is 16.6. The maximum Gasteiger partial charge on any atom is 0.125 e. The van der Waals surface area contributed by atoms with Crippen molar-refractivity contribution >= 4 is 0 Å². The molecule has 1 saturated heterocycles. The van der Waals surface area contributed by atoms with Crippen LogP contribution >= 0.6 is 0 Å². The van der Waals surface area contributed by atoms with Gasteiger partial charge in [0.15, 0.2) is 0 Å². The smallest absolute Gasteiger partial charge is 0.125 e. The molecular weight excluding hydrogens is 432 g/mol. The van der Waals surface area contributed by atoms with Gasteiger partial charge in [0, 0.05) is 5.56 Å². The van der Waals surface area contributed by atoms with E-state index in [1.165, 1.54) is 77.0 Å². The van der Waals surface area contributed by atoms with Crippen molar-refractivity contribution in [3.63, 3.8) is 0 Å². The molecule has 34 heavy (non-hydrogen) atoms. The molecule has 1 aromatic rings. The van der Waals surface area contributed by atoms with Crippen LogP contribution in [-0.4, -0.2) is 58.1 Å². The molecule has 1 unspecified atom stereocenters. The molecule has 0 aliphatic carbocycles. The first-order valence-corrected chi connectivity index (χ1v) is 13.6. The molecule has 1 fully saturated rings. The Hall–Kier alpha value is -1.18. The molecule has 0 amide bonds. The van der Waals surface area contributed by atoms with Gasteiger partial charge < -0.3 is 29.9 Å². The highest BCUT2D eigenvalue weighted by Crippen LogP contribution is 2.36. The van der Waals surface area contributed by atoms with Crippen LogP contribution in [0.1, 0.15) is 108 Å². The van der Waals surface area contributed by atoms with Crippen molar-refractivity contribution in [1.82, 2.24) is 0 Å². The third kappa shape index (κ3) is 9.82. The van der Waals surface area contributed by atoms with Gasteiger partial charge in [0.25, 0.3) is 0 Å². The molecule has 196 valence electrons. The highest BCUT2D eigenvalue weighted by Gasteiger charge is 2.44. The van der Waals surface area contributed by atoms with Crippen LogP contribution < -0.4 is 4.74 Å². The summed E-state index contributed by atoms with van der Waals surface area (Å²) in [6.45, 7) is 2.40. The number of benzene rings is 1. The highest BCUT2D eigenvalue weighted by molar-refractivity contribution is 5.36. The Kier molecular flexibility index (Phi) is 14.8. The van der Waals surface area contributed by atoms with Gasteiger partial charge in [-0.1, -0.05) is 109 Å². The van der Waals surface area contributed by atoms with Crippen LogP contribution in [0.15, 0.2) is 24.3 Å². The predicted octanol–water partition coefficient (Wildman–Crippen LogP) is 5.06. The summed E-state index contributed by atoms with van der Waals surface area (Å²) in [6, 6.07) is 7.28. The van der Waals surface area contributed by atoms with Gasteiger partial charge in [-0.05, 0) is 12.5 Å². The summed E-state index contributed by atoms with van der Waals surface area (Å²) in [5.74, 6) is 0.599. The van der Waals surface area contributed by atoms with Crippen molar-refractivity contribution in [2.75, 3.05) is 13.2 Å². The number of aliphatic hydroxyl groups excluding tert-OH is 4. The molecule has 1 aromatic carbocycles. The Morgan fingerprint density at radius 2 is 1.24 bits per heavy atom. The molecule has 0 saturated carbocycles. The molecule has 0 spiro atoms. The number of ether oxygens (including phenoxy) is 2. The lowest BCUT2D eigenvalue weighted by Crippen LogP contribution is -2.55. The van der Waals surface area contributed by atoms with Gasteiger partial charge in [0.2, 0.25) is 0 Å². The van der Waals surface area contributed by atoms with E-state index in [0.717, 1.165) is 12.8 Å². The predicted molar refractivity (Wildman–Crippen MR) is 135 cm³/mol. The normalized spacial score (nSPS) is 24.9. The SMILES string of the molecule is CCCCCCCCCCCCCCCCOc1ccccc1C1O[C@H](CO)[C@@H](O)[C@H](O)[C@@H]1O. The zero-order chi connectivity index (χ0) is 24.6. The van der Waals surface area contributed by atoms with Crippen LogP contribution in [0.25, 0.3) is 0 Å². The maximum atomic E-state index is 10.4. The minimum atomic E-state index is -1.39. The van der Waals surface area contributed by atoms with E-state index in [9.17, 15) is 20.4 Å². The largest absolute Gasteiger partial charge is 0.493 e. The fourth-order valence-electron chi connectivity index (χ4n) is 4.68. The minimum absolute atomic E-state index is 0.441. The average Bonchev–Trinajstić information content (AvgIpc) is 2.85. The molecule has 1 aliphatic heterocycles. The second-order valence-corrected chi connectivity index (χ2v) is 9.73. The second kappa shape index (κ2) is 17.3. The highest BCUT2D eigenvalue weighted by atomic mass is 16.5. The molecule has 6 nitrogen and oxygen atoms in total. The van der Waals surface area contributed by atoms with E-state index in [2.05, 4.69) is 6.92 Å². The van der Waals surface area contributed by atoms with Crippen molar-refractivity contribution in [2.24, 2.45) is 0 Å². The lowest BCUT2D eigenvalue weighted by Gasteiger charge is -2.40. The fraction of sp³-hybridized carbons (Fsp3) is 0.786. The zero-order valence-corrected chi connectivity index (χ0v) is 21.1. The Labute approximate surface area is 206 Å². The van der Waals surface area contributed by atoms with Gasteiger partial charge in [-0.2, -0.15) is 0 Å². The van der Waals surface area contributed by atoms with Crippen molar-refractivity contribution < 1.29 is 29.9 Å². The van der Waals surface area contributed by atoms with Crippen LogP contribution in [-0.2, 0) is 4.74 Å². The Morgan fingerprint density at radius 3 is 1.79 bits per heavy atom. The molecular formula is C28H48O6. The third-order valence-electron chi connectivity index (χ3n) is 6.87. The van der Waals surface area contributed by atoms with E-state index < -0.39 is 37.1 Å². The first kappa shape index (κ1) is 29.1.